The molecule has 1 aromatic carbocycles. The van der Waals surface area contributed by atoms with Gasteiger partial charge in [-0.25, -0.2) is 0 Å². The van der Waals surface area contributed by atoms with E-state index in [9.17, 15) is 0 Å². The van der Waals surface area contributed by atoms with E-state index < -0.39 is 0 Å². The van der Waals surface area contributed by atoms with Crippen LogP contribution in [0.5, 0.6) is 11.8 Å². The summed E-state index contributed by atoms with van der Waals surface area (Å²) in [6.07, 6.45) is 1.60. The van der Waals surface area contributed by atoms with E-state index in [1.165, 1.54) is 5.56 Å². The smallest absolute Gasteiger partial charge is 0.335 e. The van der Waals surface area contributed by atoms with E-state index in [-0.39, 0.29) is 0 Å². The molecule has 114 valence electrons. The second kappa shape index (κ2) is 7.64. The summed E-state index contributed by atoms with van der Waals surface area (Å²) in [5, 5.41) is 7.40. The largest absolute Gasteiger partial charge is 0.490 e. The van der Waals surface area contributed by atoms with Crippen LogP contribution in [0, 0.1) is 0 Å². The van der Waals surface area contributed by atoms with Gasteiger partial charge in [-0.2, -0.15) is 4.98 Å². The number of rotatable bonds is 8. The van der Waals surface area contributed by atoms with Crippen LogP contribution in [0.1, 0.15) is 19.4 Å². The Bertz CT molecular complexity index is 537. The van der Waals surface area contributed by atoms with Crippen LogP contribution in [0.3, 0.4) is 0 Å². The number of aryl methyl sites for hydroxylation is 1. The molecule has 2 aromatic rings. The molecule has 1 aromatic heterocycles. The molecule has 0 spiro atoms. The summed E-state index contributed by atoms with van der Waals surface area (Å²) in [7, 11) is 1.80. The van der Waals surface area contributed by atoms with E-state index in [4.69, 9.17) is 9.47 Å². The van der Waals surface area contributed by atoms with Crippen molar-refractivity contribution in [1.82, 2.24) is 20.1 Å². The zero-order valence-corrected chi connectivity index (χ0v) is 12.7. The zero-order valence-electron chi connectivity index (χ0n) is 12.7. The van der Waals surface area contributed by atoms with Crippen molar-refractivity contribution in [2.75, 3.05) is 13.2 Å². The first kappa shape index (κ1) is 15.3. The molecule has 21 heavy (non-hydrogen) atoms. The minimum atomic E-state index is 0.371. The van der Waals surface area contributed by atoms with Gasteiger partial charge < -0.3 is 14.8 Å². The Kier molecular flexibility index (Phi) is 5.57. The van der Waals surface area contributed by atoms with Crippen LogP contribution in [0.2, 0.25) is 0 Å². The number of nitrogens with zero attached hydrogens (tertiary/aromatic N) is 3. The molecule has 0 bridgehead atoms. The van der Waals surface area contributed by atoms with E-state index in [1.54, 1.807) is 18.1 Å². The summed E-state index contributed by atoms with van der Waals surface area (Å²) in [5.41, 5.74) is 1.24. The van der Waals surface area contributed by atoms with Gasteiger partial charge in [-0.15, -0.1) is 5.10 Å². The van der Waals surface area contributed by atoms with E-state index in [0.717, 1.165) is 12.3 Å². The van der Waals surface area contributed by atoms with Gasteiger partial charge in [-0.3, -0.25) is 4.68 Å². The molecule has 0 unspecified atom stereocenters. The Hall–Kier alpha value is -2.08. The van der Waals surface area contributed by atoms with Crippen molar-refractivity contribution in [3.8, 4) is 11.8 Å². The Morgan fingerprint density at radius 1 is 1.14 bits per heavy atom. The highest BCUT2D eigenvalue weighted by molar-refractivity contribution is 5.27. The van der Waals surface area contributed by atoms with Gasteiger partial charge in [0.2, 0.25) is 0 Å². The topological polar surface area (TPSA) is 61.2 Å². The van der Waals surface area contributed by atoms with Crippen molar-refractivity contribution in [3.05, 3.63) is 36.2 Å². The highest BCUT2D eigenvalue weighted by Gasteiger charge is 2.00. The second-order valence-corrected chi connectivity index (χ2v) is 5.08. The van der Waals surface area contributed by atoms with Crippen LogP contribution >= 0.6 is 0 Å². The lowest BCUT2D eigenvalue weighted by atomic mass is 10.2. The number of hydrogen-bond acceptors (Lipinski definition) is 5. The summed E-state index contributed by atoms with van der Waals surface area (Å²) in [6, 6.07) is 8.92. The lowest BCUT2D eigenvalue weighted by Gasteiger charge is -2.09. The van der Waals surface area contributed by atoms with Gasteiger partial charge in [-0.05, 0) is 17.7 Å². The first-order valence-corrected chi connectivity index (χ1v) is 7.07. The van der Waals surface area contributed by atoms with Crippen molar-refractivity contribution in [1.29, 1.82) is 0 Å². The summed E-state index contributed by atoms with van der Waals surface area (Å²) in [5.74, 6) is 0.834. The quantitative estimate of drug-likeness (QED) is 0.751. The maximum absolute atomic E-state index is 5.61. The molecule has 1 heterocycles. The van der Waals surface area contributed by atoms with Gasteiger partial charge in [0.1, 0.15) is 25.3 Å². The van der Waals surface area contributed by atoms with Gasteiger partial charge in [0.15, 0.2) is 0 Å². The van der Waals surface area contributed by atoms with Gasteiger partial charge in [0.05, 0.1) is 0 Å². The molecule has 0 aliphatic carbocycles. The van der Waals surface area contributed by atoms with E-state index in [0.29, 0.717) is 25.3 Å². The fourth-order valence-corrected chi connectivity index (χ4v) is 1.70. The van der Waals surface area contributed by atoms with Crippen molar-refractivity contribution in [2.24, 2.45) is 7.05 Å². The highest BCUT2D eigenvalue weighted by Crippen LogP contribution is 2.12. The number of hydrogen-bond donors (Lipinski definition) is 1. The highest BCUT2D eigenvalue weighted by atomic mass is 16.5. The first-order valence-electron chi connectivity index (χ1n) is 7.07. The zero-order chi connectivity index (χ0) is 15.1. The minimum Gasteiger partial charge on any atom is -0.490 e. The van der Waals surface area contributed by atoms with Crippen LogP contribution in [0.25, 0.3) is 0 Å². The molecule has 2 rings (SSSR count). The fourth-order valence-electron chi connectivity index (χ4n) is 1.70. The molecule has 1 N–H and O–H groups in total. The lowest BCUT2D eigenvalue weighted by Crippen LogP contribution is -2.21. The van der Waals surface area contributed by atoms with Gasteiger partial charge in [-0.1, -0.05) is 26.0 Å². The third-order valence-corrected chi connectivity index (χ3v) is 2.80. The van der Waals surface area contributed by atoms with E-state index in [1.807, 2.05) is 12.1 Å². The fraction of sp³-hybridized carbons (Fsp3) is 0.467. The Morgan fingerprint density at radius 3 is 2.48 bits per heavy atom. The number of ether oxygens (including phenoxy) is 2. The van der Waals surface area contributed by atoms with Crippen molar-refractivity contribution < 1.29 is 9.47 Å². The molecule has 0 saturated carbocycles. The molecule has 0 saturated heterocycles. The maximum atomic E-state index is 5.61. The Morgan fingerprint density at radius 2 is 1.86 bits per heavy atom. The predicted molar refractivity (Wildman–Crippen MR) is 80.4 cm³/mol. The molecule has 0 aliphatic heterocycles. The van der Waals surface area contributed by atoms with E-state index >= 15 is 0 Å². The first-order chi connectivity index (χ1) is 10.1. The average molecular weight is 290 g/mol. The molecule has 0 aliphatic rings. The van der Waals surface area contributed by atoms with E-state index in [2.05, 4.69) is 41.4 Å². The predicted octanol–water partition coefficient (Wildman–Crippen LogP) is 1.77. The minimum absolute atomic E-state index is 0.371. The number of nitrogens with one attached hydrogen (secondary N) is 1. The van der Waals surface area contributed by atoms with Crippen molar-refractivity contribution in [2.45, 2.75) is 26.4 Å². The monoisotopic (exact) mass is 290 g/mol. The van der Waals surface area contributed by atoms with Crippen LogP contribution in [-0.2, 0) is 13.6 Å². The molecule has 6 nitrogen and oxygen atoms in total. The Labute approximate surface area is 125 Å². The van der Waals surface area contributed by atoms with Gasteiger partial charge in [0, 0.05) is 19.6 Å². The third kappa shape index (κ3) is 5.43. The Balaban J connectivity index is 1.68. The summed E-state index contributed by atoms with van der Waals surface area (Å²) in [6.45, 7) is 6.01. The van der Waals surface area contributed by atoms with Crippen LogP contribution in [0.15, 0.2) is 30.6 Å². The number of aromatic nitrogens is 3. The maximum Gasteiger partial charge on any atom is 0.335 e. The molecular weight excluding hydrogens is 268 g/mol. The molecule has 0 fully saturated rings. The molecular formula is C15H22N4O2. The SMILES string of the molecule is CC(C)NCc1ccc(OCCOc2ncn(C)n2)cc1. The standard InChI is InChI=1S/C15H22N4O2/c1-12(2)16-10-13-4-6-14(7-5-13)20-8-9-21-15-17-11-19(3)18-15/h4-7,11-12,16H,8-10H2,1-3H3. The van der Waals surface area contributed by atoms with Gasteiger partial charge in [0.25, 0.3) is 0 Å². The second-order valence-electron chi connectivity index (χ2n) is 5.08. The number of benzene rings is 1. The molecule has 0 amide bonds. The molecule has 0 atom stereocenters. The molecule has 6 heteroatoms. The van der Waals surface area contributed by atoms with Crippen LogP contribution in [0.4, 0.5) is 0 Å². The van der Waals surface area contributed by atoms with Gasteiger partial charge >= 0.3 is 6.01 Å². The van der Waals surface area contributed by atoms with Crippen molar-refractivity contribution >= 4 is 0 Å². The average Bonchev–Trinajstić information content (AvgIpc) is 2.88. The molecule has 0 radical (unpaired) electrons. The van der Waals surface area contributed by atoms with Crippen LogP contribution in [-0.4, -0.2) is 34.0 Å². The summed E-state index contributed by atoms with van der Waals surface area (Å²) < 4.78 is 12.6. The van der Waals surface area contributed by atoms with Crippen LogP contribution < -0.4 is 14.8 Å². The normalized spacial score (nSPS) is 10.9. The lowest BCUT2D eigenvalue weighted by molar-refractivity contribution is 0.206. The third-order valence-electron chi connectivity index (χ3n) is 2.80. The van der Waals surface area contributed by atoms with Crippen molar-refractivity contribution in [3.63, 3.8) is 0 Å². The summed E-state index contributed by atoms with van der Waals surface area (Å²) >= 11 is 0. The summed E-state index contributed by atoms with van der Waals surface area (Å²) in [4.78, 5) is 3.97.